The largest absolute Gasteiger partial charge is 0.352 e. The average molecular weight is 359 g/mol. The summed E-state index contributed by atoms with van der Waals surface area (Å²) in [6, 6.07) is 9.02. The van der Waals surface area contributed by atoms with E-state index in [-0.39, 0.29) is 5.91 Å². The molecule has 1 aliphatic heterocycles. The molecule has 1 fully saturated rings. The Kier molecular flexibility index (Phi) is 5.53. The van der Waals surface area contributed by atoms with E-state index in [1.165, 1.54) is 0 Å². The molecule has 0 aliphatic carbocycles. The van der Waals surface area contributed by atoms with Crippen LogP contribution in [0, 0.1) is 19.8 Å². The number of aromatic nitrogens is 2. The quantitative estimate of drug-likeness (QED) is 0.910. The van der Waals surface area contributed by atoms with Crippen LogP contribution in [0.1, 0.15) is 34.6 Å². The van der Waals surface area contributed by atoms with Crippen LogP contribution in [-0.2, 0) is 0 Å². The van der Waals surface area contributed by atoms with Crippen molar-refractivity contribution in [3.8, 4) is 0 Å². The molecule has 0 spiro atoms. The van der Waals surface area contributed by atoms with Crippen LogP contribution in [0.5, 0.6) is 0 Å². The molecule has 0 atom stereocenters. The second kappa shape index (κ2) is 7.83. The van der Waals surface area contributed by atoms with Gasteiger partial charge in [-0.05, 0) is 56.9 Å². The molecule has 1 aromatic heterocycles. The maximum absolute atomic E-state index is 12.2. The second-order valence-corrected chi connectivity index (χ2v) is 7.04. The van der Waals surface area contributed by atoms with Crippen LogP contribution < -0.4 is 10.2 Å². The van der Waals surface area contributed by atoms with E-state index in [4.69, 9.17) is 11.6 Å². The lowest BCUT2D eigenvalue weighted by Gasteiger charge is -2.32. The molecule has 5 nitrogen and oxygen atoms in total. The van der Waals surface area contributed by atoms with Gasteiger partial charge in [0.25, 0.3) is 5.91 Å². The van der Waals surface area contributed by atoms with Gasteiger partial charge >= 0.3 is 0 Å². The molecule has 0 bridgehead atoms. The molecule has 6 heteroatoms. The van der Waals surface area contributed by atoms with Crippen LogP contribution in [0.2, 0.25) is 5.02 Å². The third kappa shape index (κ3) is 4.69. The van der Waals surface area contributed by atoms with Crippen molar-refractivity contribution < 1.29 is 4.79 Å². The minimum Gasteiger partial charge on any atom is -0.352 e. The highest BCUT2D eigenvalue weighted by Crippen LogP contribution is 2.21. The third-order valence-corrected chi connectivity index (χ3v) is 4.74. The fourth-order valence-corrected chi connectivity index (χ4v) is 3.34. The summed E-state index contributed by atoms with van der Waals surface area (Å²) in [5.74, 6) is 1.23. The molecule has 0 radical (unpaired) electrons. The van der Waals surface area contributed by atoms with Gasteiger partial charge in [0.2, 0.25) is 5.95 Å². The third-order valence-electron chi connectivity index (χ3n) is 4.51. The van der Waals surface area contributed by atoms with Crippen molar-refractivity contribution in [2.24, 2.45) is 5.92 Å². The number of nitrogens with zero attached hydrogens (tertiary/aromatic N) is 3. The topological polar surface area (TPSA) is 58.1 Å². The summed E-state index contributed by atoms with van der Waals surface area (Å²) >= 11 is 5.94. The number of halogens is 1. The van der Waals surface area contributed by atoms with E-state index in [0.717, 1.165) is 43.3 Å². The molecule has 25 heavy (non-hydrogen) atoms. The van der Waals surface area contributed by atoms with Crippen molar-refractivity contribution in [2.75, 3.05) is 24.5 Å². The first kappa shape index (κ1) is 17.7. The molecule has 1 aromatic carbocycles. The van der Waals surface area contributed by atoms with Crippen molar-refractivity contribution in [3.63, 3.8) is 0 Å². The molecule has 1 aliphatic rings. The van der Waals surface area contributed by atoms with Gasteiger partial charge in [-0.1, -0.05) is 17.7 Å². The first-order valence-electron chi connectivity index (χ1n) is 8.62. The van der Waals surface area contributed by atoms with Gasteiger partial charge < -0.3 is 10.2 Å². The van der Waals surface area contributed by atoms with Gasteiger partial charge in [0.15, 0.2) is 0 Å². The number of aryl methyl sites for hydroxylation is 2. The van der Waals surface area contributed by atoms with Crippen molar-refractivity contribution >= 4 is 23.5 Å². The van der Waals surface area contributed by atoms with Gasteiger partial charge in [0.1, 0.15) is 0 Å². The van der Waals surface area contributed by atoms with Crippen LogP contribution in [-0.4, -0.2) is 35.5 Å². The average Bonchev–Trinajstić information content (AvgIpc) is 2.59. The van der Waals surface area contributed by atoms with Gasteiger partial charge in [-0.2, -0.15) is 0 Å². The minimum absolute atomic E-state index is 0.0671. The fraction of sp³-hybridized carbons (Fsp3) is 0.421. The van der Waals surface area contributed by atoms with Gasteiger partial charge in [0.05, 0.1) is 0 Å². The lowest BCUT2D eigenvalue weighted by Crippen LogP contribution is -2.39. The van der Waals surface area contributed by atoms with Crippen LogP contribution in [0.25, 0.3) is 0 Å². The van der Waals surface area contributed by atoms with E-state index >= 15 is 0 Å². The minimum atomic E-state index is -0.0671. The molecular formula is C19H23ClN4O. The Labute approximate surface area is 153 Å². The summed E-state index contributed by atoms with van der Waals surface area (Å²) < 4.78 is 0. The summed E-state index contributed by atoms with van der Waals surface area (Å²) in [7, 11) is 0. The van der Waals surface area contributed by atoms with Crippen molar-refractivity contribution in [1.29, 1.82) is 0 Å². The lowest BCUT2D eigenvalue weighted by atomic mass is 9.97. The standard InChI is InChI=1S/C19H23ClN4O/c1-13-10-14(2)23-19(22-13)24-8-6-15(7-9-24)12-21-18(25)16-4-3-5-17(20)11-16/h3-5,10-11,15H,6-9,12H2,1-2H3,(H,21,25). The zero-order valence-electron chi connectivity index (χ0n) is 14.6. The Morgan fingerprint density at radius 1 is 1.20 bits per heavy atom. The zero-order valence-corrected chi connectivity index (χ0v) is 15.4. The zero-order chi connectivity index (χ0) is 17.8. The number of carbonyl (C=O) groups is 1. The number of piperidine rings is 1. The molecule has 2 aromatic rings. The Morgan fingerprint density at radius 3 is 2.52 bits per heavy atom. The van der Waals surface area contributed by atoms with E-state index < -0.39 is 0 Å². The Balaban J connectivity index is 1.50. The molecule has 1 amide bonds. The SMILES string of the molecule is Cc1cc(C)nc(N2CCC(CNC(=O)c3cccc(Cl)c3)CC2)n1. The van der Waals surface area contributed by atoms with E-state index in [1.54, 1.807) is 24.3 Å². The van der Waals surface area contributed by atoms with Crippen molar-refractivity contribution in [3.05, 3.63) is 52.3 Å². The summed E-state index contributed by atoms with van der Waals surface area (Å²) in [6.07, 6.45) is 2.04. The Hall–Kier alpha value is -2.14. The van der Waals surface area contributed by atoms with Crippen LogP contribution in [0.15, 0.2) is 30.3 Å². The number of rotatable bonds is 4. The summed E-state index contributed by atoms with van der Waals surface area (Å²) in [5, 5.41) is 3.60. The van der Waals surface area contributed by atoms with E-state index in [0.29, 0.717) is 23.0 Å². The number of hydrogen-bond acceptors (Lipinski definition) is 4. The van der Waals surface area contributed by atoms with Gasteiger partial charge in [-0.3, -0.25) is 4.79 Å². The second-order valence-electron chi connectivity index (χ2n) is 6.60. The number of nitrogens with one attached hydrogen (secondary N) is 1. The number of hydrogen-bond donors (Lipinski definition) is 1. The Bertz CT molecular complexity index is 737. The lowest BCUT2D eigenvalue weighted by molar-refractivity contribution is 0.0945. The van der Waals surface area contributed by atoms with E-state index in [1.807, 2.05) is 19.9 Å². The smallest absolute Gasteiger partial charge is 0.251 e. The predicted molar refractivity (Wildman–Crippen MR) is 100 cm³/mol. The fourth-order valence-electron chi connectivity index (χ4n) is 3.15. The molecular weight excluding hydrogens is 336 g/mol. The molecule has 1 N–H and O–H groups in total. The van der Waals surface area contributed by atoms with Gasteiger partial charge in [0, 0.05) is 41.6 Å². The predicted octanol–water partition coefficient (Wildman–Crippen LogP) is 3.39. The number of carbonyl (C=O) groups excluding carboxylic acids is 1. The van der Waals surface area contributed by atoms with E-state index in [2.05, 4.69) is 20.2 Å². The van der Waals surface area contributed by atoms with Gasteiger partial charge in [-0.15, -0.1) is 0 Å². The van der Waals surface area contributed by atoms with Crippen LogP contribution in [0.4, 0.5) is 5.95 Å². The molecule has 0 saturated carbocycles. The number of amides is 1. The van der Waals surface area contributed by atoms with E-state index in [9.17, 15) is 4.79 Å². The molecule has 0 unspecified atom stereocenters. The highest BCUT2D eigenvalue weighted by atomic mass is 35.5. The Morgan fingerprint density at radius 2 is 1.88 bits per heavy atom. The molecule has 3 rings (SSSR count). The highest BCUT2D eigenvalue weighted by Gasteiger charge is 2.22. The normalized spacial score (nSPS) is 15.2. The molecule has 1 saturated heterocycles. The van der Waals surface area contributed by atoms with Crippen LogP contribution in [0.3, 0.4) is 0 Å². The first-order valence-corrected chi connectivity index (χ1v) is 9.00. The van der Waals surface area contributed by atoms with Gasteiger partial charge in [-0.25, -0.2) is 9.97 Å². The first-order chi connectivity index (χ1) is 12.0. The van der Waals surface area contributed by atoms with Crippen molar-refractivity contribution in [2.45, 2.75) is 26.7 Å². The summed E-state index contributed by atoms with van der Waals surface area (Å²) in [5.41, 5.74) is 2.60. The highest BCUT2D eigenvalue weighted by molar-refractivity contribution is 6.30. The van der Waals surface area contributed by atoms with Crippen molar-refractivity contribution in [1.82, 2.24) is 15.3 Å². The maximum atomic E-state index is 12.2. The molecule has 132 valence electrons. The van der Waals surface area contributed by atoms with Crippen LogP contribution >= 0.6 is 11.6 Å². The monoisotopic (exact) mass is 358 g/mol. The maximum Gasteiger partial charge on any atom is 0.251 e. The number of benzene rings is 1. The molecule has 2 heterocycles. The number of anilines is 1. The summed E-state index contributed by atoms with van der Waals surface area (Å²) in [6.45, 7) is 6.51. The summed E-state index contributed by atoms with van der Waals surface area (Å²) in [4.78, 5) is 23.5.